The van der Waals surface area contributed by atoms with Gasteiger partial charge >= 0.3 is 0 Å². The van der Waals surface area contributed by atoms with Gasteiger partial charge in [-0.15, -0.1) is 0 Å². The number of fused-ring (bicyclic) bond motifs is 1. The Morgan fingerprint density at radius 3 is 2.62 bits per heavy atom. The quantitative estimate of drug-likeness (QED) is 0.171. The van der Waals surface area contributed by atoms with Crippen molar-refractivity contribution in [2.24, 2.45) is 10.7 Å². The number of anilines is 1. The van der Waals surface area contributed by atoms with Crippen LogP contribution < -0.4 is 11.5 Å². The van der Waals surface area contributed by atoms with Crippen LogP contribution in [-0.2, 0) is 0 Å². The molecule has 0 amide bonds. The molecule has 0 aliphatic heterocycles. The summed E-state index contributed by atoms with van der Waals surface area (Å²) in [6.45, 7) is 0. The zero-order chi connectivity index (χ0) is 26.0. The lowest BCUT2D eigenvalue weighted by molar-refractivity contribution is 0.0610. The summed E-state index contributed by atoms with van der Waals surface area (Å²) in [5.41, 5.74) is 13.4. The molecular weight excluding hydrogens is 471 g/mol. The number of nitrogens with two attached hydrogens (primary N) is 2. The van der Waals surface area contributed by atoms with Crippen molar-refractivity contribution in [3.05, 3.63) is 65.7 Å². The summed E-state index contributed by atoms with van der Waals surface area (Å²) in [7, 11) is 0. The van der Waals surface area contributed by atoms with Crippen LogP contribution >= 0.6 is 0 Å². The Labute approximate surface area is 212 Å². The number of nitrogen functional groups attached to an aromatic ring is 1. The van der Waals surface area contributed by atoms with E-state index in [-0.39, 0.29) is 17.5 Å². The average Bonchev–Trinajstić information content (AvgIpc) is 3.28. The molecule has 0 atom stereocenters. The number of aromatic nitrogens is 4. The van der Waals surface area contributed by atoms with Gasteiger partial charge < -0.3 is 16.6 Å². The Morgan fingerprint density at radius 1 is 1.08 bits per heavy atom. The number of amidine groups is 1. The Hall–Kier alpha value is -4.80. The summed E-state index contributed by atoms with van der Waals surface area (Å²) in [4.78, 5) is 17.2. The fraction of sp³-hybridized carbons (Fsp3) is 0.222. The van der Waals surface area contributed by atoms with Gasteiger partial charge in [0.1, 0.15) is 23.1 Å². The van der Waals surface area contributed by atoms with Crippen LogP contribution in [0.4, 0.5) is 10.2 Å². The molecule has 5 N–H and O–H groups in total. The van der Waals surface area contributed by atoms with E-state index in [1.54, 1.807) is 47.2 Å². The van der Waals surface area contributed by atoms with Gasteiger partial charge in [-0.3, -0.25) is 4.57 Å². The monoisotopic (exact) mass is 494 g/mol. The van der Waals surface area contributed by atoms with Crippen molar-refractivity contribution in [3.63, 3.8) is 0 Å². The van der Waals surface area contributed by atoms with Crippen LogP contribution in [-0.4, -0.2) is 36.1 Å². The van der Waals surface area contributed by atoms with Crippen molar-refractivity contribution in [1.82, 2.24) is 19.5 Å². The van der Waals surface area contributed by atoms with Crippen molar-refractivity contribution in [1.29, 1.82) is 5.26 Å². The van der Waals surface area contributed by atoms with Gasteiger partial charge in [0.2, 0.25) is 12.0 Å². The molecule has 0 radical (unpaired) electrons. The predicted molar refractivity (Wildman–Crippen MR) is 138 cm³/mol. The van der Waals surface area contributed by atoms with E-state index in [1.807, 2.05) is 0 Å². The van der Waals surface area contributed by atoms with Gasteiger partial charge in [-0.2, -0.15) is 10.3 Å². The molecule has 2 aromatic heterocycles. The van der Waals surface area contributed by atoms with Gasteiger partial charge in [0.15, 0.2) is 17.0 Å². The number of nitriles is 1. The van der Waals surface area contributed by atoms with Gasteiger partial charge in [-0.25, -0.2) is 19.3 Å². The van der Waals surface area contributed by atoms with E-state index in [2.05, 4.69) is 31.8 Å². The van der Waals surface area contributed by atoms with Gasteiger partial charge in [-0.1, -0.05) is 36.6 Å². The van der Waals surface area contributed by atoms with E-state index in [0.717, 1.165) is 19.3 Å². The molecule has 9 nitrogen and oxygen atoms in total. The highest BCUT2D eigenvalue weighted by Gasteiger charge is 2.27. The minimum atomic E-state index is -1.08. The van der Waals surface area contributed by atoms with Gasteiger partial charge in [0.25, 0.3) is 0 Å². The highest BCUT2D eigenvalue weighted by Crippen LogP contribution is 2.31. The third-order valence-electron chi connectivity index (χ3n) is 6.27. The molecule has 2 aromatic carbocycles. The van der Waals surface area contributed by atoms with Crippen molar-refractivity contribution >= 4 is 22.8 Å². The number of aliphatic hydroxyl groups is 1. The van der Waals surface area contributed by atoms with Crippen molar-refractivity contribution in [3.8, 4) is 35.1 Å². The number of nitrogens with zero attached hydrogens (tertiary/aromatic N) is 6. The number of aliphatic imine (C=N–C) groups is 1. The van der Waals surface area contributed by atoms with Crippen LogP contribution in [0.15, 0.2) is 53.5 Å². The summed E-state index contributed by atoms with van der Waals surface area (Å²) in [6, 6.07) is 13.0. The first-order valence-corrected chi connectivity index (χ1v) is 11.8. The fourth-order valence-corrected chi connectivity index (χ4v) is 4.46. The highest BCUT2D eigenvalue weighted by molar-refractivity contribution is 5.98. The van der Waals surface area contributed by atoms with Crippen LogP contribution in [0, 0.1) is 29.1 Å². The molecule has 0 spiro atoms. The van der Waals surface area contributed by atoms with Crippen LogP contribution in [0.2, 0.25) is 0 Å². The summed E-state index contributed by atoms with van der Waals surface area (Å²) < 4.78 is 15.9. The maximum Gasteiger partial charge on any atom is 0.209 e. The van der Waals surface area contributed by atoms with Crippen LogP contribution in [0.1, 0.15) is 43.5 Å². The Morgan fingerprint density at radius 2 is 1.86 bits per heavy atom. The summed E-state index contributed by atoms with van der Waals surface area (Å²) in [5, 5.41) is 19.7. The second-order valence-corrected chi connectivity index (χ2v) is 8.88. The molecule has 0 bridgehead atoms. The maximum absolute atomic E-state index is 14.2. The number of benzene rings is 2. The minimum absolute atomic E-state index is 0.0440. The lowest BCUT2D eigenvalue weighted by atomic mass is 9.85. The highest BCUT2D eigenvalue weighted by atomic mass is 19.1. The van der Waals surface area contributed by atoms with Gasteiger partial charge in [0.05, 0.1) is 0 Å². The summed E-state index contributed by atoms with van der Waals surface area (Å²) in [5.74, 6) is 6.05. The Bertz CT molecular complexity index is 1630. The molecule has 2 heterocycles. The molecule has 1 aliphatic carbocycles. The van der Waals surface area contributed by atoms with E-state index in [1.165, 1.54) is 12.1 Å². The molecule has 0 saturated heterocycles. The topological polar surface area (TPSA) is 152 Å². The zero-order valence-electron chi connectivity index (χ0n) is 19.8. The van der Waals surface area contributed by atoms with Crippen LogP contribution in [0.25, 0.3) is 28.2 Å². The second kappa shape index (κ2) is 9.69. The number of imidazole rings is 1. The van der Waals surface area contributed by atoms with E-state index in [9.17, 15) is 9.50 Å². The molecule has 5 rings (SSSR count). The zero-order valence-corrected chi connectivity index (χ0v) is 19.8. The molecule has 4 aromatic rings. The summed E-state index contributed by atoms with van der Waals surface area (Å²) >= 11 is 0. The summed E-state index contributed by atoms with van der Waals surface area (Å²) in [6.07, 6.45) is 5.76. The normalized spacial score (nSPS) is 15.1. The van der Waals surface area contributed by atoms with Crippen molar-refractivity contribution in [2.75, 3.05) is 5.73 Å². The predicted octanol–water partition coefficient (Wildman–Crippen LogP) is 3.44. The SMILES string of the molecule is N#CN=C(N)c1cccc(-n2c(-c3cccc(F)c3)nc3c(N)nc(C#CC4(O)CCCCC4)nc32)c1. The molecule has 184 valence electrons. The average molecular weight is 495 g/mol. The molecule has 1 saturated carbocycles. The third-order valence-corrected chi connectivity index (χ3v) is 6.27. The molecular formula is C27H23FN8O. The third kappa shape index (κ3) is 4.83. The Kier molecular flexibility index (Phi) is 6.26. The standard InChI is InChI=1S/C27H23FN8O/c28-19-8-4-7-18(14-19)25-35-22-24(31)33-21(10-13-27(37)11-2-1-3-12-27)34-26(22)36(25)20-9-5-6-17(15-20)23(30)32-16-29/h4-9,14-15,37H,1-3,11-12H2,(H2,30,32)(H2,31,33,34). The largest absolute Gasteiger partial charge is 0.383 e. The minimum Gasteiger partial charge on any atom is -0.383 e. The molecule has 1 aliphatic rings. The smallest absolute Gasteiger partial charge is 0.209 e. The van der Waals surface area contributed by atoms with Gasteiger partial charge in [0, 0.05) is 16.8 Å². The van der Waals surface area contributed by atoms with E-state index in [0.29, 0.717) is 46.6 Å². The number of rotatable bonds is 3. The van der Waals surface area contributed by atoms with E-state index >= 15 is 0 Å². The molecule has 1 fully saturated rings. The maximum atomic E-state index is 14.2. The molecule has 37 heavy (non-hydrogen) atoms. The van der Waals surface area contributed by atoms with Crippen LogP contribution in [0.5, 0.6) is 0 Å². The first-order chi connectivity index (χ1) is 17.9. The second-order valence-electron chi connectivity index (χ2n) is 8.88. The van der Waals surface area contributed by atoms with Crippen molar-refractivity contribution < 1.29 is 9.50 Å². The lowest BCUT2D eigenvalue weighted by Gasteiger charge is -2.26. The van der Waals surface area contributed by atoms with Crippen LogP contribution in [0.3, 0.4) is 0 Å². The van der Waals surface area contributed by atoms with Gasteiger partial charge in [-0.05, 0) is 55.9 Å². The van der Waals surface area contributed by atoms with Crippen molar-refractivity contribution in [2.45, 2.75) is 37.7 Å². The number of halogens is 1. The number of hydrogen-bond acceptors (Lipinski definition) is 7. The number of hydrogen-bond donors (Lipinski definition) is 3. The lowest BCUT2D eigenvalue weighted by Crippen LogP contribution is -2.29. The first-order valence-electron chi connectivity index (χ1n) is 11.8. The first kappa shape index (κ1) is 23.9. The Balaban J connectivity index is 1.73. The van der Waals surface area contributed by atoms with E-state index in [4.69, 9.17) is 16.7 Å². The van der Waals surface area contributed by atoms with E-state index < -0.39 is 11.4 Å². The molecule has 10 heteroatoms. The molecule has 0 unspecified atom stereocenters. The fourth-order valence-electron chi connectivity index (χ4n) is 4.46.